The van der Waals surface area contributed by atoms with Gasteiger partial charge in [-0.25, -0.2) is 4.79 Å². The van der Waals surface area contributed by atoms with Crippen LogP contribution in [0.1, 0.15) is 36.0 Å². The summed E-state index contributed by atoms with van der Waals surface area (Å²) in [7, 11) is 0. The molecule has 1 aliphatic carbocycles. The molecule has 3 rings (SSSR count). The highest BCUT2D eigenvalue weighted by molar-refractivity contribution is 5.87. The highest BCUT2D eigenvalue weighted by Gasteiger charge is 2.33. The molecule has 4 nitrogen and oxygen atoms in total. The summed E-state index contributed by atoms with van der Waals surface area (Å²) in [6, 6.07) is 7.55. The molecule has 1 saturated heterocycles. The first kappa shape index (κ1) is 12.5. The van der Waals surface area contributed by atoms with E-state index in [9.17, 15) is 4.79 Å². The standard InChI is InChI=1S/C15H19NO3/c17-15(18)11-3-1-4-13(9-11)19-14-5-2-8-16(10-14)12-6-7-12/h1,3-4,9,12,14H,2,5-8,10H2,(H,17,18). The normalized spacial score (nSPS) is 24.1. The highest BCUT2D eigenvalue weighted by atomic mass is 16.5. The number of rotatable bonds is 4. The minimum Gasteiger partial charge on any atom is -0.489 e. The lowest BCUT2D eigenvalue weighted by atomic mass is 10.1. The number of carboxylic acid groups (broad SMARTS) is 1. The average Bonchev–Trinajstić information content (AvgIpc) is 3.23. The lowest BCUT2D eigenvalue weighted by Crippen LogP contribution is -2.42. The topological polar surface area (TPSA) is 49.8 Å². The second kappa shape index (κ2) is 5.21. The Morgan fingerprint density at radius 2 is 2.16 bits per heavy atom. The Hall–Kier alpha value is -1.55. The van der Waals surface area contributed by atoms with Gasteiger partial charge < -0.3 is 9.84 Å². The van der Waals surface area contributed by atoms with E-state index in [2.05, 4.69) is 4.90 Å². The molecule has 0 spiro atoms. The molecule has 1 saturated carbocycles. The minimum absolute atomic E-state index is 0.193. The monoisotopic (exact) mass is 261 g/mol. The molecule has 2 fully saturated rings. The van der Waals surface area contributed by atoms with E-state index in [1.54, 1.807) is 18.2 Å². The molecule has 0 aromatic heterocycles. The highest BCUT2D eigenvalue weighted by Crippen LogP contribution is 2.30. The van der Waals surface area contributed by atoms with Crippen LogP contribution in [0.2, 0.25) is 0 Å². The first-order valence-electron chi connectivity index (χ1n) is 6.96. The Bertz CT molecular complexity index is 470. The van der Waals surface area contributed by atoms with Gasteiger partial charge in [0.25, 0.3) is 0 Å². The van der Waals surface area contributed by atoms with Gasteiger partial charge in [-0.3, -0.25) is 4.90 Å². The molecule has 1 N–H and O–H groups in total. The Labute approximate surface area is 113 Å². The molecule has 0 amide bonds. The van der Waals surface area contributed by atoms with Gasteiger partial charge >= 0.3 is 5.97 Å². The third-order valence-corrected chi connectivity index (χ3v) is 3.86. The van der Waals surface area contributed by atoms with Crippen LogP contribution in [0.3, 0.4) is 0 Å². The smallest absolute Gasteiger partial charge is 0.335 e. The fraction of sp³-hybridized carbons (Fsp3) is 0.533. The Morgan fingerprint density at radius 3 is 2.89 bits per heavy atom. The van der Waals surface area contributed by atoms with Crippen molar-refractivity contribution in [2.45, 2.75) is 37.8 Å². The average molecular weight is 261 g/mol. The lowest BCUT2D eigenvalue weighted by molar-refractivity contribution is 0.0692. The summed E-state index contributed by atoms with van der Waals surface area (Å²) in [5, 5.41) is 8.97. The predicted molar refractivity (Wildman–Crippen MR) is 71.6 cm³/mol. The van der Waals surface area contributed by atoms with Crippen LogP contribution in [0.4, 0.5) is 0 Å². The second-order valence-electron chi connectivity index (χ2n) is 5.44. The molecule has 0 bridgehead atoms. The summed E-state index contributed by atoms with van der Waals surface area (Å²) in [5.74, 6) is -0.240. The van der Waals surface area contributed by atoms with Crippen LogP contribution in [0.25, 0.3) is 0 Å². The third-order valence-electron chi connectivity index (χ3n) is 3.86. The number of benzene rings is 1. The molecule has 1 atom stereocenters. The summed E-state index contributed by atoms with van der Waals surface area (Å²) >= 11 is 0. The zero-order valence-corrected chi connectivity index (χ0v) is 10.9. The summed E-state index contributed by atoms with van der Waals surface area (Å²) in [6.07, 6.45) is 5.06. The van der Waals surface area contributed by atoms with Crippen molar-refractivity contribution in [1.29, 1.82) is 0 Å². The molecular formula is C15H19NO3. The van der Waals surface area contributed by atoms with Crippen LogP contribution in [-0.4, -0.2) is 41.2 Å². The fourth-order valence-corrected chi connectivity index (χ4v) is 2.73. The van der Waals surface area contributed by atoms with Gasteiger partial charge in [0.15, 0.2) is 0 Å². The quantitative estimate of drug-likeness (QED) is 0.904. The van der Waals surface area contributed by atoms with Gasteiger partial charge in [-0.15, -0.1) is 0 Å². The molecule has 102 valence electrons. The van der Waals surface area contributed by atoms with Gasteiger partial charge in [0, 0.05) is 12.6 Å². The van der Waals surface area contributed by atoms with Gasteiger partial charge in [0.2, 0.25) is 0 Å². The van der Waals surface area contributed by atoms with E-state index < -0.39 is 5.97 Å². The van der Waals surface area contributed by atoms with E-state index in [1.165, 1.54) is 25.8 Å². The molecule has 19 heavy (non-hydrogen) atoms. The van der Waals surface area contributed by atoms with Crippen LogP contribution in [0.15, 0.2) is 24.3 Å². The fourth-order valence-electron chi connectivity index (χ4n) is 2.73. The Balaban J connectivity index is 1.63. The molecule has 1 aromatic rings. The SMILES string of the molecule is O=C(O)c1cccc(OC2CCCN(C3CC3)C2)c1. The predicted octanol–water partition coefficient (Wildman–Crippen LogP) is 2.39. The maximum Gasteiger partial charge on any atom is 0.335 e. The van der Waals surface area contributed by atoms with Gasteiger partial charge in [-0.05, 0) is 50.4 Å². The van der Waals surface area contributed by atoms with E-state index in [0.29, 0.717) is 5.75 Å². The number of carbonyl (C=O) groups is 1. The third kappa shape index (κ3) is 3.07. The van der Waals surface area contributed by atoms with E-state index in [4.69, 9.17) is 9.84 Å². The van der Waals surface area contributed by atoms with Crippen LogP contribution in [0, 0.1) is 0 Å². The summed E-state index contributed by atoms with van der Waals surface area (Å²) in [5.41, 5.74) is 0.285. The minimum atomic E-state index is -0.909. The van der Waals surface area contributed by atoms with Gasteiger partial charge in [0.1, 0.15) is 11.9 Å². The number of hydrogen-bond acceptors (Lipinski definition) is 3. The van der Waals surface area contributed by atoms with Crippen molar-refractivity contribution < 1.29 is 14.6 Å². The van der Waals surface area contributed by atoms with Crippen molar-refractivity contribution in [3.8, 4) is 5.75 Å². The number of piperidine rings is 1. The first-order valence-corrected chi connectivity index (χ1v) is 6.96. The number of carboxylic acids is 1. The van der Waals surface area contributed by atoms with E-state index in [1.807, 2.05) is 6.07 Å². The number of likely N-dealkylation sites (tertiary alicyclic amines) is 1. The zero-order chi connectivity index (χ0) is 13.2. The summed E-state index contributed by atoms with van der Waals surface area (Å²) < 4.78 is 5.95. The van der Waals surface area contributed by atoms with Crippen molar-refractivity contribution in [1.82, 2.24) is 4.90 Å². The molecular weight excluding hydrogens is 242 g/mol. The van der Waals surface area contributed by atoms with Crippen LogP contribution in [-0.2, 0) is 0 Å². The maximum atomic E-state index is 10.9. The summed E-state index contributed by atoms with van der Waals surface area (Å²) in [6.45, 7) is 2.15. The Kier molecular flexibility index (Phi) is 3.42. The number of hydrogen-bond donors (Lipinski definition) is 1. The van der Waals surface area contributed by atoms with Crippen molar-refractivity contribution in [3.05, 3.63) is 29.8 Å². The largest absolute Gasteiger partial charge is 0.489 e. The molecule has 1 heterocycles. The van der Waals surface area contributed by atoms with Crippen molar-refractivity contribution in [2.75, 3.05) is 13.1 Å². The van der Waals surface area contributed by atoms with E-state index in [-0.39, 0.29) is 11.7 Å². The van der Waals surface area contributed by atoms with Crippen molar-refractivity contribution >= 4 is 5.97 Å². The van der Waals surface area contributed by atoms with Crippen LogP contribution < -0.4 is 4.74 Å². The molecule has 1 unspecified atom stereocenters. The zero-order valence-electron chi connectivity index (χ0n) is 10.9. The molecule has 4 heteroatoms. The van der Waals surface area contributed by atoms with Crippen molar-refractivity contribution in [2.24, 2.45) is 0 Å². The van der Waals surface area contributed by atoms with E-state index >= 15 is 0 Å². The molecule has 0 radical (unpaired) electrons. The molecule has 1 aliphatic heterocycles. The van der Waals surface area contributed by atoms with E-state index in [0.717, 1.165) is 19.0 Å². The number of nitrogens with zero attached hydrogens (tertiary/aromatic N) is 1. The second-order valence-corrected chi connectivity index (χ2v) is 5.44. The van der Waals surface area contributed by atoms with Crippen LogP contribution >= 0.6 is 0 Å². The van der Waals surface area contributed by atoms with Gasteiger partial charge in [-0.2, -0.15) is 0 Å². The Morgan fingerprint density at radius 1 is 1.32 bits per heavy atom. The van der Waals surface area contributed by atoms with Gasteiger partial charge in [0.05, 0.1) is 5.56 Å². The maximum absolute atomic E-state index is 10.9. The number of ether oxygens (including phenoxy) is 1. The van der Waals surface area contributed by atoms with Crippen LogP contribution in [0.5, 0.6) is 5.75 Å². The number of aromatic carboxylic acids is 1. The van der Waals surface area contributed by atoms with Gasteiger partial charge in [-0.1, -0.05) is 6.07 Å². The molecule has 2 aliphatic rings. The molecule has 1 aromatic carbocycles. The first-order chi connectivity index (χ1) is 9.22. The summed E-state index contributed by atoms with van der Waals surface area (Å²) in [4.78, 5) is 13.4. The van der Waals surface area contributed by atoms with Crippen molar-refractivity contribution in [3.63, 3.8) is 0 Å². The lowest BCUT2D eigenvalue weighted by Gasteiger charge is -2.32.